The monoisotopic (exact) mass is 337 g/mol. The maximum absolute atomic E-state index is 12.4. The third-order valence-corrected chi connectivity index (χ3v) is 4.61. The maximum Gasteiger partial charge on any atom is 0.293 e. The predicted molar refractivity (Wildman–Crippen MR) is 96.6 cm³/mol. The average molecular weight is 337 g/mol. The van der Waals surface area contributed by atoms with Gasteiger partial charge in [-0.05, 0) is 41.6 Å². The highest BCUT2D eigenvalue weighted by Crippen LogP contribution is 2.36. The summed E-state index contributed by atoms with van der Waals surface area (Å²) < 4.78 is 5.62. The summed E-state index contributed by atoms with van der Waals surface area (Å²) in [5, 5.41) is 1.71. The SMILES string of the molecule is C#CCOc1ccc2ccccc2c1/C=C1/SC(=O)N(CC)C1=O. The van der Waals surface area contributed by atoms with Crippen molar-refractivity contribution >= 4 is 39.8 Å². The summed E-state index contributed by atoms with van der Waals surface area (Å²) in [4.78, 5) is 25.9. The van der Waals surface area contributed by atoms with Gasteiger partial charge in [0.05, 0.1) is 4.91 Å². The Morgan fingerprint density at radius 3 is 2.75 bits per heavy atom. The molecule has 0 spiro atoms. The van der Waals surface area contributed by atoms with Crippen LogP contribution in [0.2, 0.25) is 0 Å². The standard InChI is InChI=1S/C19H15NO3S/c1-3-11-23-16-10-9-13-7-5-6-8-14(13)15(16)12-17-18(21)20(4-2)19(22)24-17/h1,5-10,12H,4,11H2,2H3/b17-12+. The van der Waals surface area contributed by atoms with Crippen LogP contribution < -0.4 is 4.74 Å². The minimum atomic E-state index is -0.275. The topological polar surface area (TPSA) is 46.6 Å². The van der Waals surface area contributed by atoms with Gasteiger partial charge < -0.3 is 4.74 Å². The molecule has 0 bridgehead atoms. The van der Waals surface area contributed by atoms with Crippen molar-refractivity contribution in [3.63, 3.8) is 0 Å². The summed E-state index contributed by atoms with van der Waals surface area (Å²) in [6.07, 6.45) is 7.00. The van der Waals surface area contributed by atoms with E-state index in [1.165, 1.54) is 4.90 Å². The second-order valence-electron chi connectivity index (χ2n) is 5.12. The molecular weight excluding hydrogens is 322 g/mol. The van der Waals surface area contributed by atoms with Gasteiger partial charge in [-0.3, -0.25) is 14.5 Å². The first kappa shape index (κ1) is 16.2. The molecule has 1 heterocycles. The largest absolute Gasteiger partial charge is 0.480 e. The van der Waals surface area contributed by atoms with E-state index in [0.717, 1.165) is 28.1 Å². The Hall–Kier alpha value is -2.71. The van der Waals surface area contributed by atoms with Crippen LogP contribution in [0.25, 0.3) is 16.8 Å². The number of amides is 2. The minimum Gasteiger partial charge on any atom is -0.480 e. The van der Waals surface area contributed by atoms with Crippen molar-refractivity contribution in [3.05, 3.63) is 46.9 Å². The Bertz CT molecular complexity index is 895. The fraction of sp³-hybridized carbons (Fsp3) is 0.158. The van der Waals surface area contributed by atoms with Crippen LogP contribution in [-0.2, 0) is 4.79 Å². The van der Waals surface area contributed by atoms with Crippen LogP contribution in [0, 0.1) is 12.3 Å². The summed E-state index contributed by atoms with van der Waals surface area (Å²) >= 11 is 0.945. The van der Waals surface area contributed by atoms with Gasteiger partial charge in [0.15, 0.2) is 0 Å². The fourth-order valence-corrected chi connectivity index (χ4v) is 3.46. The van der Waals surface area contributed by atoms with E-state index in [-0.39, 0.29) is 17.8 Å². The number of rotatable bonds is 4. The second-order valence-corrected chi connectivity index (χ2v) is 6.11. The number of carbonyl (C=O) groups is 2. The molecule has 120 valence electrons. The van der Waals surface area contributed by atoms with E-state index in [9.17, 15) is 9.59 Å². The van der Waals surface area contributed by atoms with Gasteiger partial charge in [-0.1, -0.05) is 36.3 Å². The maximum atomic E-state index is 12.4. The number of benzene rings is 2. The Morgan fingerprint density at radius 2 is 2.04 bits per heavy atom. The van der Waals surface area contributed by atoms with Gasteiger partial charge in [-0.2, -0.15) is 0 Å². The summed E-state index contributed by atoms with van der Waals surface area (Å²) in [5.74, 6) is 2.76. The van der Waals surface area contributed by atoms with Gasteiger partial charge in [0, 0.05) is 12.1 Å². The molecule has 0 radical (unpaired) electrons. The molecule has 0 unspecified atom stereocenters. The van der Waals surface area contributed by atoms with E-state index >= 15 is 0 Å². The number of imide groups is 1. The molecule has 0 saturated carbocycles. The van der Waals surface area contributed by atoms with Gasteiger partial charge in [0.2, 0.25) is 0 Å². The second kappa shape index (κ2) is 6.81. The highest BCUT2D eigenvalue weighted by molar-refractivity contribution is 8.18. The van der Waals surface area contributed by atoms with Gasteiger partial charge in [-0.15, -0.1) is 6.42 Å². The van der Waals surface area contributed by atoms with Crippen LogP contribution >= 0.6 is 11.8 Å². The fourth-order valence-electron chi connectivity index (χ4n) is 2.57. The number of hydrogen-bond donors (Lipinski definition) is 0. The molecule has 0 aromatic heterocycles. The molecule has 1 aliphatic heterocycles. The molecule has 2 aromatic carbocycles. The summed E-state index contributed by atoms with van der Waals surface area (Å²) in [5.41, 5.74) is 0.755. The van der Waals surface area contributed by atoms with Crippen molar-refractivity contribution in [3.8, 4) is 18.1 Å². The molecule has 4 nitrogen and oxygen atoms in total. The Balaban J connectivity index is 2.13. The molecule has 2 amide bonds. The van der Waals surface area contributed by atoms with E-state index in [1.54, 1.807) is 13.0 Å². The lowest BCUT2D eigenvalue weighted by atomic mass is 10.0. The van der Waals surface area contributed by atoms with Crippen molar-refractivity contribution in [2.45, 2.75) is 6.92 Å². The van der Waals surface area contributed by atoms with Crippen LogP contribution in [0.1, 0.15) is 12.5 Å². The molecule has 1 fully saturated rings. The molecule has 0 aliphatic carbocycles. The van der Waals surface area contributed by atoms with Crippen LogP contribution in [0.15, 0.2) is 41.3 Å². The minimum absolute atomic E-state index is 0.135. The van der Waals surface area contributed by atoms with Crippen LogP contribution in [0.3, 0.4) is 0 Å². The van der Waals surface area contributed by atoms with Crippen molar-refractivity contribution in [1.29, 1.82) is 0 Å². The normalized spacial score (nSPS) is 16.0. The Labute approximate surface area is 144 Å². The van der Waals surface area contributed by atoms with Gasteiger partial charge >= 0.3 is 0 Å². The van der Waals surface area contributed by atoms with Crippen LogP contribution in [-0.4, -0.2) is 29.2 Å². The number of hydrogen-bond acceptors (Lipinski definition) is 4. The van der Waals surface area contributed by atoms with E-state index in [0.29, 0.717) is 17.2 Å². The Morgan fingerprint density at radius 1 is 1.25 bits per heavy atom. The van der Waals surface area contributed by atoms with Crippen molar-refractivity contribution in [1.82, 2.24) is 4.90 Å². The number of nitrogens with zero attached hydrogens (tertiary/aromatic N) is 1. The zero-order chi connectivity index (χ0) is 17.1. The third-order valence-electron chi connectivity index (χ3n) is 3.71. The van der Waals surface area contributed by atoms with Gasteiger partial charge in [0.1, 0.15) is 12.4 Å². The van der Waals surface area contributed by atoms with Crippen LogP contribution in [0.4, 0.5) is 4.79 Å². The molecule has 5 heteroatoms. The number of ether oxygens (including phenoxy) is 1. The van der Waals surface area contributed by atoms with Crippen molar-refractivity contribution < 1.29 is 14.3 Å². The van der Waals surface area contributed by atoms with E-state index in [4.69, 9.17) is 11.2 Å². The van der Waals surface area contributed by atoms with Crippen molar-refractivity contribution in [2.24, 2.45) is 0 Å². The lowest BCUT2D eigenvalue weighted by molar-refractivity contribution is -0.122. The first-order chi connectivity index (χ1) is 11.7. The summed E-state index contributed by atoms with van der Waals surface area (Å²) in [6, 6.07) is 11.6. The molecule has 0 atom stereocenters. The first-order valence-corrected chi connectivity index (χ1v) is 8.30. The highest BCUT2D eigenvalue weighted by atomic mass is 32.2. The molecule has 1 saturated heterocycles. The molecule has 2 aromatic rings. The number of thioether (sulfide) groups is 1. The highest BCUT2D eigenvalue weighted by Gasteiger charge is 2.34. The zero-order valence-corrected chi connectivity index (χ0v) is 13.9. The van der Waals surface area contributed by atoms with Gasteiger partial charge in [-0.25, -0.2) is 0 Å². The van der Waals surface area contributed by atoms with Crippen molar-refractivity contribution in [2.75, 3.05) is 13.2 Å². The number of fused-ring (bicyclic) bond motifs is 1. The van der Waals surface area contributed by atoms with E-state index in [2.05, 4.69) is 5.92 Å². The molecule has 24 heavy (non-hydrogen) atoms. The number of likely N-dealkylation sites (N-methyl/N-ethyl adjacent to an activating group) is 1. The van der Waals surface area contributed by atoms with E-state index in [1.807, 2.05) is 36.4 Å². The lowest BCUT2D eigenvalue weighted by Gasteiger charge is -2.11. The molecule has 1 aliphatic rings. The molecule has 3 rings (SSSR count). The predicted octanol–water partition coefficient (Wildman–Crippen LogP) is 3.91. The lowest BCUT2D eigenvalue weighted by Crippen LogP contribution is -2.27. The average Bonchev–Trinajstić information content (AvgIpc) is 2.87. The van der Waals surface area contributed by atoms with Crippen LogP contribution in [0.5, 0.6) is 5.75 Å². The quantitative estimate of drug-likeness (QED) is 0.627. The zero-order valence-electron chi connectivity index (χ0n) is 13.1. The Kier molecular flexibility index (Phi) is 4.59. The molecule has 0 N–H and O–H groups in total. The number of carbonyl (C=O) groups excluding carboxylic acids is 2. The smallest absolute Gasteiger partial charge is 0.293 e. The van der Waals surface area contributed by atoms with Gasteiger partial charge in [0.25, 0.3) is 11.1 Å². The first-order valence-electron chi connectivity index (χ1n) is 7.49. The summed E-state index contributed by atoms with van der Waals surface area (Å²) in [6.45, 7) is 2.27. The summed E-state index contributed by atoms with van der Waals surface area (Å²) in [7, 11) is 0. The van der Waals surface area contributed by atoms with E-state index < -0.39 is 0 Å². The third kappa shape index (κ3) is 2.89. The molecular formula is C19H15NO3S. The number of terminal acetylenes is 1.